The smallest absolute Gasteiger partial charge is 0.282 e. The number of aryl methyl sites for hydroxylation is 1. The molecule has 1 unspecified atom stereocenters. The van der Waals surface area contributed by atoms with E-state index < -0.39 is 0 Å². The molecule has 0 saturated carbocycles. The molecule has 0 saturated heterocycles. The van der Waals surface area contributed by atoms with Gasteiger partial charge in [-0.3, -0.25) is 4.79 Å². The molecule has 6 heteroatoms. The molecule has 2 aromatic rings. The van der Waals surface area contributed by atoms with Gasteiger partial charge in [0.15, 0.2) is 0 Å². The molecule has 1 N–H and O–H groups in total. The minimum atomic E-state index is -0.254. The summed E-state index contributed by atoms with van der Waals surface area (Å²) in [5.74, 6) is -0.254. The number of rotatable bonds is 3. The van der Waals surface area contributed by atoms with E-state index >= 15 is 0 Å². The highest BCUT2D eigenvalue weighted by Crippen LogP contribution is 2.19. The minimum absolute atomic E-state index is 0.0821. The zero-order valence-electron chi connectivity index (χ0n) is 9.98. The Bertz CT molecular complexity index is 570. The minimum Gasteiger partial charge on any atom is -0.343 e. The normalized spacial score (nSPS) is 12.2. The Kier molecular flexibility index (Phi) is 3.93. The van der Waals surface area contributed by atoms with Crippen molar-refractivity contribution in [3.05, 3.63) is 44.9 Å². The number of hydrogen-bond acceptors (Lipinski definition) is 4. The van der Waals surface area contributed by atoms with Gasteiger partial charge in [0.05, 0.1) is 6.04 Å². The average Bonchev–Trinajstić information content (AvgIpc) is 2.76. The summed E-state index contributed by atoms with van der Waals surface area (Å²) in [6.45, 7) is 3.95. The average molecular weight is 282 g/mol. The first-order valence-corrected chi connectivity index (χ1v) is 6.63. The van der Waals surface area contributed by atoms with Crippen molar-refractivity contribution in [2.45, 2.75) is 19.9 Å². The lowest BCUT2D eigenvalue weighted by Crippen LogP contribution is -2.27. The third-order valence-corrected chi connectivity index (χ3v) is 3.61. The largest absolute Gasteiger partial charge is 0.343 e. The summed E-state index contributed by atoms with van der Waals surface area (Å²) < 4.78 is 0.267. The lowest BCUT2D eigenvalue weighted by molar-refractivity contribution is 0.0938. The van der Waals surface area contributed by atoms with Crippen LogP contribution in [0.2, 0.25) is 4.47 Å². The molecule has 1 aromatic heterocycles. The SMILES string of the molecule is Cc1ccccc1C(C)NC(=O)c1nnc(Cl)s1. The highest BCUT2D eigenvalue weighted by Gasteiger charge is 2.16. The number of benzene rings is 1. The van der Waals surface area contributed by atoms with E-state index in [4.69, 9.17) is 11.6 Å². The van der Waals surface area contributed by atoms with Crippen molar-refractivity contribution >= 4 is 28.8 Å². The molecule has 94 valence electrons. The van der Waals surface area contributed by atoms with Gasteiger partial charge < -0.3 is 5.32 Å². The van der Waals surface area contributed by atoms with E-state index in [-0.39, 0.29) is 21.4 Å². The van der Waals surface area contributed by atoms with Gasteiger partial charge in [0, 0.05) is 0 Å². The van der Waals surface area contributed by atoms with Crippen LogP contribution in [0.1, 0.15) is 33.9 Å². The lowest BCUT2D eigenvalue weighted by Gasteiger charge is -2.15. The summed E-state index contributed by atoms with van der Waals surface area (Å²) >= 11 is 6.72. The molecular weight excluding hydrogens is 270 g/mol. The van der Waals surface area contributed by atoms with Gasteiger partial charge in [-0.1, -0.05) is 35.6 Å². The number of carbonyl (C=O) groups is 1. The Morgan fingerprint density at radius 2 is 2.11 bits per heavy atom. The fourth-order valence-electron chi connectivity index (χ4n) is 1.71. The summed E-state index contributed by atoms with van der Waals surface area (Å²) in [6, 6.07) is 7.85. The zero-order valence-corrected chi connectivity index (χ0v) is 11.5. The number of nitrogens with one attached hydrogen (secondary N) is 1. The van der Waals surface area contributed by atoms with Crippen LogP contribution >= 0.6 is 22.9 Å². The summed E-state index contributed by atoms with van der Waals surface area (Å²) in [5, 5.41) is 10.5. The Morgan fingerprint density at radius 1 is 1.39 bits per heavy atom. The second-order valence-corrected chi connectivity index (χ2v) is 5.47. The second-order valence-electron chi connectivity index (χ2n) is 3.91. The molecule has 0 fully saturated rings. The molecule has 0 bridgehead atoms. The van der Waals surface area contributed by atoms with E-state index in [1.165, 1.54) is 0 Å². The highest BCUT2D eigenvalue weighted by atomic mass is 35.5. The van der Waals surface area contributed by atoms with Crippen molar-refractivity contribution in [3.63, 3.8) is 0 Å². The second kappa shape index (κ2) is 5.46. The highest BCUT2D eigenvalue weighted by molar-refractivity contribution is 7.17. The van der Waals surface area contributed by atoms with Crippen LogP contribution in [0, 0.1) is 6.92 Å². The van der Waals surface area contributed by atoms with Crippen LogP contribution in [0.3, 0.4) is 0 Å². The van der Waals surface area contributed by atoms with Gasteiger partial charge in [-0.15, -0.1) is 10.2 Å². The standard InChI is InChI=1S/C12H12ClN3OS/c1-7-5-3-4-6-9(7)8(2)14-10(17)11-15-16-12(13)18-11/h3-6,8H,1-2H3,(H,14,17). The van der Waals surface area contributed by atoms with E-state index in [9.17, 15) is 4.79 Å². The van der Waals surface area contributed by atoms with Crippen LogP contribution in [0.25, 0.3) is 0 Å². The van der Waals surface area contributed by atoms with Gasteiger partial charge >= 0.3 is 0 Å². The number of amides is 1. The molecule has 0 aliphatic rings. The Balaban J connectivity index is 2.10. The van der Waals surface area contributed by atoms with Crippen LogP contribution in [0.4, 0.5) is 0 Å². The van der Waals surface area contributed by atoms with Crippen LogP contribution < -0.4 is 5.32 Å². The monoisotopic (exact) mass is 281 g/mol. The molecule has 0 aliphatic carbocycles. The van der Waals surface area contributed by atoms with Crippen molar-refractivity contribution in [3.8, 4) is 0 Å². The lowest BCUT2D eigenvalue weighted by atomic mass is 10.0. The third-order valence-electron chi connectivity index (χ3n) is 2.60. The van der Waals surface area contributed by atoms with Gasteiger partial charge in [-0.25, -0.2) is 0 Å². The Morgan fingerprint density at radius 3 is 2.72 bits per heavy atom. The van der Waals surface area contributed by atoms with E-state index in [0.717, 1.165) is 22.5 Å². The molecule has 0 radical (unpaired) electrons. The topological polar surface area (TPSA) is 54.9 Å². The quantitative estimate of drug-likeness (QED) is 0.941. The van der Waals surface area contributed by atoms with Crippen molar-refractivity contribution in [2.24, 2.45) is 0 Å². The van der Waals surface area contributed by atoms with Crippen LogP contribution in [-0.2, 0) is 0 Å². The van der Waals surface area contributed by atoms with Gasteiger partial charge in [0.1, 0.15) is 0 Å². The Hall–Kier alpha value is -1.46. The van der Waals surface area contributed by atoms with E-state index in [2.05, 4.69) is 15.5 Å². The predicted molar refractivity (Wildman–Crippen MR) is 72.0 cm³/mol. The van der Waals surface area contributed by atoms with Crippen LogP contribution in [0.5, 0.6) is 0 Å². The van der Waals surface area contributed by atoms with Crippen molar-refractivity contribution in [1.82, 2.24) is 15.5 Å². The van der Waals surface area contributed by atoms with Gasteiger partial charge in [0.25, 0.3) is 5.91 Å². The van der Waals surface area contributed by atoms with Crippen molar-refractivity contribution < 1.29 is 4.79 Å². The van der Waals surface area contributed by atoms with Gasteiger partial charge in [0.2, 0.25) is 9.47 Å². The van der Waals surface area contributed by atoms with Gasteiger partial charge in [-0.05, 0) is 36.6 Å². The maximum atomic E-state index is 11.9. The van der Waals surface area contributed by atoms with Crippen LogP contribution in [0.15, 0.2) is 24.3 Å². The molecule has 4 nitrogen and oxygen atoms in total. The zero-order chi connectivity index (χ0) is 13.1. The van der Waals surface area contributed by atoms with E-state index in [1.54, 1.807) is 0 Å². The molecule has 1 aromatic carbocycles. The third kappa shape index (κ3) is 2.86. The number of halogens is 1. The fraction of sp³-hybridized carbons (Fsp3) is 0.250. The van der Waals surface area contributed by atoms with E-state index in [0.29, 0.717) is 0 Å². The van der Waals surface area contributed by atoms with Crippen molar-refractivity contribution in [2.75, 3.05) is 0 Å². The summed E-state index contributed by atoms with van der Waals surface area (Å²) in [6.07, 6.45) is 0. The molecule has 1 heterocycles. The predicted octanol–water partition coefficient (Wildman–Crippen LogP) is 2.99. The van der Waals surface area contributed by atoms with Crippen LogP contribution in [-0.4, -0.2) is 16.1 Å². The molecule has 2 rings (SSSR count). The van der Waals surface area contributed by atoms with E-state index in [1.807, 2.05) is 38.1 Å². The molecule has 18 heavy (non-hydrogen) atoms. The number of nitrogens with zero attached hydrogens (tertiary/aromatic N) is 2. The van der Waals surface area contributed by atoms with Crippen molar-refractivity contribution in [1.29, 1.82) is 0 Å². The maximum Gasteiger partial charge on any atom is 0.282 e. The molecule has 1 amide bonds. The summed E-state index contributed by atoms with van der Waals surface area (Å²) in [5.41, 5.74) is 2.22. The number of aromatic nitrogens is 2. The summed E-state index contributed by atoms with van der Waals surface area (Å²) in [7, 11) is 0. The first-order valence-electron chi connectivity index (χ1n) is 5.43. The number of hydrogen-bond donors (Lipinski definition) is 1. The summed E-state index contributed by atoms with van der Waals surface area (Å²) in [4.78, 5) is 11.9. The number of carbonyl (C=O) groups excluding carboxylic acids is 1. The molecular formula is C12H12ClN3OS. The van der Waals surface area contributed by atoms with Gasteiger partial charge in [-0.2, -0.15) is 0 Å². The first kappa shape index (κ1) is 13.0. The molecule has 0 spiro atoms. The first-order chi connectivity index (χ1) is 8.58. The molecule has 0 aliphatic heterocycles. The Labute approximate surface area is 114 Å². The fourth-order valence-corrected chi connectivity index (χ4v) is 2.44. The molecule has 1 atom stereocenters. The maximum absolute atomic E-state index is 11.9.